The van der Waals surface area contributed by atoms with Crippen molar-refractivity contribution < 1.29 is 9.53 Å². The molecule has 0 radical (unpaired) electrons. The Kier molecular flexibility index (Phi) is 6.71. The molecular formula is C18H29N3O2. The smallest absolute Gasteiger partial charge is 0.321 e. The zero-order chi connectivity index (χ0) is 16.7. The fraction of sp³-hybridized carbons (Fsp3) is 0.611. The first-order valence-electron chi connectivity index (χ1n) is 8.59. The van der Waals surface area contributed by atoms with E-state index in [0.29, 0.717) is 5.92 Å². The van der Waals surface area contributed by atoms with E-state index in [2.05, 4.69) is 17.1 Å². The standard InChI is InChI=1S/C18H29N3O2/c1-4-20(3)17-11-7-6-10-16(17)19-18(22)21-12-8-9-15(13-21)14-23-5-2/h6-7,10-11,15H,4-5,8-9,12-14H2,1-3H3,(H,19,22)/t15-/m1/s1. The molecule has 1 aliphatic heterocycles. The second-order valence-electron chi connectivity index (χ2n) is 6.08. The van der Waals surface area contributed by atoms with Gasteiger partial charge in [-0.15, -0.1) is 0 Å². The lowest BCUT2D eigenvalue weighted by atomic mass is 9.99. The van der Waals surface area contributed by atoms with E-state index in [1.54, 1.807) is 0 Å². The number of nitrogens with zero attached hydrogens (tertiary/aromatic N) is 2. The molecule has 2 amide bonds. The van der Waals surface area contributed by atoms with Gasteiger partial charge < -0.3 is 19.9 Å². The maximum absolute atomic E-state index is 12.6. The average molecular weight is 319 g/mol. The molecule has 23 heavy (non-hydrogen) atoms. The summed E-state index contributed by atoms with van der Waals surface area (Å²) in [7, 11) is 2.03. The number of piperidine rings is 1. The predicted molar refractivity (Wildman–Crippen MR) is 95.2 cm³/mol. The highest BCUT2D eigenvalue weighted by molar-refractivity contribution is 5.93. The van der Waals surface area contributed by atoms with Crippen LogP contribution in [0.3, 0.4) is 0 Å². The Bertz CT molecular complexity index is 507. The quantitative estimate of drug-likeness (QED) is 0.874. The Morgan fingerprint density at radius 3 is 2.91 bits per heavy atom. The lowest BCUT2D eigenvalue weighted by Gasteiger charge is -2.33. The van der Waals surface area contributed by atoms with Crippen LogP contribution in [0.4, 0.5) is 16.2 Å². The predicted octanol–water partition coefficient (Wildman–Crippen LogP) is 3.42. The second-order valence-corrected chi connectivity index (χ2v) is 6.08. The monoisotopic (exact) mass is 319 g/mol. The van der Waals surface area contributed by atoms with Gasteiger partial charge in [0, 0.05) is 39.2 Å². The van der Waals surface area contributed by atoms with Gasteiger partial charge in [-0.1, -0.05) is 12.1 Å². The number of para-hydroxylation sites is 2. The summed E-state index contributed by atoms with van der Waals surface area (Å²) in [5, 5.41) is 3.08. The second kappa shape index (κ2) is 8.77. The number of carbonyl (C=O) groups excluding carboxylic acids is 1. The number of hydrogen-bond acceptors (Lipinski definition) is 3. The minimum absolute atomic E-state index is 0.0110. The normalized spacial score (nSPS) is 17.9. The molecule has 0 spiro atoms. The van der Waals surface area contributed by atoms with Crippen LogP contribution in [-0.2, 0) is 4.74 Å². The number of benzene rings is 1. The first kappa shape index (κ1) is 17.6. The van der Waals surface area contributed by atoms with E-state index in [1.807, 2.05) is 43.1 Å². The number of anilines is 2. The van der Waals surface area contributed by atoms with Crippen molar-refractivity contribution in [2.24, 2.45) is 5.92 Å². The summed E-state index contributed by atoms with van der Waals surface area (Å²) in [6.45, 7) is 8.08. The largest absolute Gasteiger partial charge is 0.381 e. The molecule has 128 valence electrons. The third kappa shape index (κ3) is 4.86. The van der Waals surface area contributed by atoms with Crippen LogP contribution in [0.25, 0.3) is 0 Å². The Labute approximate surface area is 139 Å². The van der Waals surface area contributed by atoms with Crippen LogP contribution in [0.5, 0.6) is 0 Å². The summed E-state index contributed by atoms with van der Waals surface area (Å²) in [4.78, 5) is 16.6. The number of likely N-dealkylation sites (tertiary alicyclic amines) is 1. The number of rotatable bonds is 6. The highest BCUT2D eigenvalue weighted by Gasteiger charge is 2.24. The average Bonchev–Trinajstić information content (AvgIpc) is 2.60. The molecule has 1 atom stereocenters. The van der Waals surface area contributed by atoms with Crippen LogP contribution in [-0.4, -0.2) is 50.8 Å². The van der Waals surface area contributed by atoms with Crippen molar-refractivity contribution in [2.75, 3.05) is 50.1 Å². The number of ether oxygens (including phenoxy) is 1. The molecule has 1 aliphatic rings. The van der Waals surface area contributed by atoms with Crippen molar-refractivity contribution in [1.29, 1.82) is 0 Å². The summed E-state index contributed by atoms with van der Waals surface area (Å²) < 4.78 is 5.52. The Morgan fingerprint density at radius 2 is 2.17 bits per heavy atom. The first-order chi connectivity index (χ1) is 11.2. The van der Waals surface area contributed by atoms with E-state index in [4.69, 9.17) is 4.74 Å². The summed E-state index contributed by atoms with van der Waals surface area (Å²) in [5.74, 6) is 0.447. The van der Waals surface area contributed by atoms with Crippen molar-refractivity contribution in [2.45, 2.75) is 26.7 Å². The molecule has 5 nitrogen and oxygen atoms in total. The molecule has 0 aliphatic carbocycles. The zero-order valence-electron chi connectivity index (χ0n) is 14.5. The highest BCUT2D eigenvalue weighted by Crippen LogP contribution is 2.25. The van der Waals surface area contributed by atoms with Crippen molar-refractivity contribution in [1.82, 2.24) is 4.90 Å². The minimum Gasteiger partial charge on any atom is -0.381 e. The van der Waals surface area contributed by atoms with E-state index in [9.17, 15) is 4.79 Å². The van der Waals surface area contributed by atoms with Gasteiger partial charge in [-0.25, -0.2) is 4.79 Å². The van der Waals surface area contributed by atoms with Crippen LogP contribution >= 0.6 is 0 Å². The van der Waals surface area contributed by atoms with E-state index in [0.717, 1.165) is 57.1 Å². The molecule has 0 bridgehead atoms. The van der Waals surface area contributed by atoms with Crippen LogP contribution in [0.1, 0.15) is 26.7 Å². The molecule has 1 heterocycles. The van der Waals surface area contributed by atoms with E-state index < -0.39 is 0 Å². The zero-order valence-corrected chi connectivity index (χ0v) is 14.5. The van der Waals surface area contributed by atoms with Gasteiger partial charge in [0.15, 0.2) is 0 Å². The Morgan fingerprint density at radius 1 is 1.39 bits per heavy atom. The topological polar surface area (TPSA) is 44.8 Å². The van der Waals surface area contributed by atoms with Crippen molar-refractivity contribution >= 4 is 17.4 Å². The summed E-state index contributed by atoms with van der Waals surface area (Å²) in [5.41, 5.74) is 1.92. The van der Waals surface area contributed by atoms with Crippen LogP contribution in [0.15, 0.2) is 24.3 Å². The molecule has 2 rings (SSSR count). The minimum atomic E-state index is -0.0110. The molecule has 1 fully saturated rings. The number of amides is 2. The van der Waals surface area contributed by atoms with Gasteiger partial charge in [0.25, 0.3) is 0 Å². The van der Waals surface area contributed by atoms with Crippen LogP contribution in [0.2, 0.25) is 0 Å². The molecule has 1 saturated heterocycles. The highest BCUT2D eigenvalue weighted by atomic mass is 16.5. The maximum atomic E-state index is 12.6. The maximum Gasteiger partial charge on any atom is 0.321 e. The van der Waals surface area contributed by atoms with Gasteiger partial charge >= 0.3 is 6.03 Å². The van der Waals surface area contributed by atoms with Crippen molar-refractivity contribution in [3.63, 3.8) is 0 Å². The molecule has 1 aromatic carbocycles. The van der Waals surface area contributed by atoms with E-state index >= 15 is 0 Å². The fourth-order valence-corrected chi connectivity index (χ4v) is 2.95. The molecular weight excluding hydrogens is 290 g/mol. The third-order valence-electron chi connectivity index (χ3n) is 4.40. The van der Waals surface area contributed by atoms with Gasteiger partial charge in [0.2, 0.25) is 0 Å². The lowest BCUT2D eigenvalue weighted by molar-refractivity contribution is 0.0777. The number of urea groups is 1. The molecule has 0 unspecified atom stereocenters. The molecule has 0 saturated carbocycles. The SMILES string of the molecule is CCOC[C@@H]1CCCN(C(=O)Nc2ccccc2N(C)CC)C1. The number of carbonyl (C=O) groups is 1. The van der Waals surface area contributed by atoms with Gasteiger partial charge in [-0.2, -0.15) is 0 Å². The molecule has 1 N–H and O–H groups in total. The fourth-order valence-electron chi connectivity index (χ4n) is 2.95. The van der Waals surface area contributed by atoms with Gasteiger partial charge in [-0.3, -0.25) is 0 Å². The third-order valence-corrected chi connectivity index (χ3v) is 4.40. The Hall–Kier alpha value is -1.75. The summed E-state index contributed by atoms with van der Waals surface area (Å²) >= 11 is 0. The van der Waals surface area contributed by atoms with E-state index in [-0.39, 0.29) is 6.03 Å². The van der Waals surface area contributed by atoms with Crippen LogP contribution < -0.4 is 10.2 Å². The summed E-state index contributed by atoms with van der Waals surface area (Å²) in [6.07, 6.45) is 2.18. The molecule has 0 aromatic heterocycles. The van der Waals surface area contributed by atoms with Gasteiger partial charge in [0.1, 0.15) is 0 Å². The molecule has 5 heteroatoms. The van der Waals surface area contributed by atoms with Gasteiger partial charge in [-0.05, 0) is 38.8 Å². The van der Waals surface area contributed by atoms with E-state index in [1.165, 1.54) is 0 Å². The van der Waals surface area contributed by atoms with Crippen molar-refractivity contribution in [3.8, 4) is 0 Å². The Balaban J connectivity index is 1.99. The van der Waals surface area contributed by atoms with Gasteiger partial charge in [0.05, 0.1) is 18.0 Å². The molecule has 1 aromatic rings. The summed E-state index contributed by atoms with van der Waals surface area (Å²) in [6, 6.07) is 7.93. The first-order valence-corrected chi connectivity index (χ1v) is 8.59. The number of hydrogen-bond donors (Lipinski definition) is 1. The lowest BCUT2D eigenvalue weighted by Crippen LogP contribution is -2.43. The number of nitrogens with one attached hydrogen (secondary N) is 1. The van der Waals surface area contributed by atoms with Crippen LogP contribution in [0, 0.1) is 5.92 Å². The van der Waals surface area contributed by atoms with Crippen molar-refractivity contribution in [3.05, 3.63) is 24.3 Å².